The standard InChI is InChI=1S/C26H29N5O5S2/c1-27-17-22-25(36-19-10-13-30(14-11-19)15-16-37(2,32)33)24-21-9-6-12-28-26(21)31(23(24)18-29-22)38(34,35)20-7-4-3-5-8-20/h3-9,12,18-19H,1,10-11,13-17H2,2H3. The SMILES string of the molecule is C=NCc1ncc2c(c1OC1CCN(CCS(C)(=O)=O)CC1)c1cccnc1n2S(=O)(=O)c1ccccc1. The zero-order chi connectivity index (χ0) is 26.9. The predicted molar refractivity (Wildman–Crippen MR) is 147 cm³/mol. The van der Waals surface area contributed by atoms with E-state index >= 15 is 0 Å². The molecule has 0 saturated carbocycles. The third-order valence-corrected chi connectivity index (χ3v) is 9.34. The zero-order valence-corrected chi connectivity index (χ0v) is 22.7. The summed E-state index contributed by atoms with van der Waals surface area (Å²) in [4.78, 5) is 15.3. The number of likely N-dealkylation sites (tertiary alicyclic amines) is 1. The van der Waals surface area contributed by atoms with E-state index in [1.165, 1.54) is 16.4 Å². The first-order valence-corrected chi connectivity index (χ1v) is 15.8. The molecule has 1 fully saturated rings. The van der Waals surface area contributed by atoms with Crippen LogP contribution in [0.3, 0.4) is 0 Å². The molecule has 0 atom stereocenters. The van der Waals surface area contributed by atoms with E-state index in [2.05, 4.69) is 26.6 Å². The molecule has 0 N–H and O–H groups in total. The van der Waals surface area contributed by atoms with Crippen molar-refractivity contribution in [2.24, 2.45) is 4.99 Å². The smallest absolute Gasteiger partial charge is 0.269 e. The molecule has 1 aliphatic heterocycles. The molecule has 5 rings (SSSR count). The lowest BCUT2D eigenvalue weighted by Gasteiger charge is -2.32. The summed E-state index contributed by atoms with van der Waals surface area (Å²) in [6.07, 6.45) is 5.57. The van der Waals surface area contributed by atoms with Gasteiger partial charge in [-0.3, -0.25) is 9.98 Å². The molecule has 0 radical (unpaired) electrons. The Hall–Kier alpha value is -3.35. The van der Waals surface area contributed by atoms with Crippen molar-refractivity contribution in [3.8, 4) is 5.75 Å². The monoisotopic (exact) mass is 555 g/mol. The van der Waals surface area contributed by atoms with Crippen molar-refractivity contribution < 1.29 is 21.6 Å². The van der Waals surface area contributed by atoms with Crippen molar-refractivity contribution in [2.45, 2.75) is 30.4 Å². The molecule has 0 spiro atoms. The highest BCUT2D eigenvalue weighted by Gasteiger charge is 2.29. The second-order valence-corrected chi connectivity index (χ2v) is 13.5. The van der Waals surface area contributed by atoms with Crippen molar-refractivity contribution >= 4 is 48.5 Å². The number of nitrogens with zero attached hydrogens (tertiary/aromatic N) is 5. The van der Waals surface area contributed by atoms with Crippen LogP contribution in [0.1, 0.15) is 18.5 Å². The number of piperidine rings is 1. The minimum atomic E-state index is -3.98. The molecule has 10 nitrogen and oxygen atoms in total. The van der Waals surface area contributed by atoms with Crippen LogP contribution >= 0.6 is 0 Å². The van der Waals surface area contributed by atoms with Gasteiger partial charge in [-0.05, 0) is 43.8 Å². The zero-order valence-electron chi connectivity index (χ0n) is 21.0. The molecule has 200 valence electrons. The first-order valence-electron chi connectivity index (χ1n) is 12.3. The number of rotatable bonds is 9. The minimum absolute atomic E-state index is 0.124. The van der Waals surface area contributed by atoms with Crippen molar-refractivity contribution in [1.82, 2.24) is 18.8 Å². The Labute approximate surface area is 222 Å². The summed E-state index contributed by atoms with van der Waals surface area (Å²) in [7, 11) is -7.01. The highest BCUT2D eigenvalue weighted by Crippen LogP contribution is 2.39. The second kappa shape index (κ2) is 10.4. The maximum atomic E-state index is 13.8. The Bertz CT molecular complexity index is 1690. The number of hydrogen-bond donors (Lipinski definition) is 0. The quantitative estimate of drug-likeness (QED) is 0.289. The van der Waals surface area contributed by atoms with E-state index in [-0.39, 0.29) is 28.9 Å². The van der Waals surface area contributed by atoms with Crippen LogP contribution in [0.15, 0.2) is 64.7 Å². The van der Waals surface area contributed by atoms with Gasteiger partial charge in [0.15, 0.2) is 11.4 Å². The first-order chi connectivity index (χ1) is 18.2. The van der Waals surface area contributed by atoms with Gasteiger partial charge < -0.3 is 9.64 Å². The Morgan fingerprint density at radius 3 is 2.47 bits per heavy atom. The summed E-state index contributed by atoms with van der Waals surface area (Å²) in [6.45, 7) is 5.70. The number of benzene rings is 1. The van der Waals surface area contributed by atoms with Gasteiger partial charge in [0.1, 0.15) is 21.6 Å². The van der Waals surface area contributed by atoms with Gasteiger partial charge >= 0.3 is 0 Å². The molecule has 1 aliphatic rings. The maximum absolute atomic E-state index is 13.8. The van der Waals surface area contributed by atoms with Crippen LogP contribution in [-0.2, 0) is 26.4 Å². The highest BCUT2D eigenvalue weighted by molar-refractivity contribution is 7.90. The van der Waals surface area contributed by atoms with E-state index < -0.39 is 19.9 Å². The van der Waals surface area contributed by atoms with Crippen LogP contribution in [0, 0.1) is 0 Å². The van der Waals surface area contributed by atoms with Gasteiger partial charge in [0, 0.05) is 37.5 Å². The Morgan fingerprint density at radius 1 is 1.05 bits per heavy atom. The third kappa shape index (κ3) is 5.16. The average Bonchev–Trinajstić information content (AvgIpc) is 3.25. The molecule has 0 unspecified atom stereocenters. The second-order valence-electron chi connectivity index (χ2n) is 9.42. The van der Waals surface area contributed by atoms with Gasteiger partial charge in [0.25, 0.3) is 10.0 Å². The number of aliphatic imine (C=N–C) groups is 1. The fraction of sp³-hybridized carbons (Fsp3) is 0.346. The van der Waals surface area contributed by atoms with E-state index in [0.29, 0.717) is 60.2 Å². The number of fused-ring (bicyclic) bond motifs is 3. The van der Waals surface area contributed by atoms with Crippen molar-refractivity contribution in [1.29, 1.82) is 0 Å². The lowest BCUT2D eigenvalue weighted by atomic mass is 10.1. The van der Waals surface area contributed by atoms with E-state index in [0.717, 1.165) is 0 Å². The van der Waals surface area contributed by atoms with E-state index in [9.17, 15) is 16.8 Å². The minimum Gasteiger partial charge on any atom is -0.488 e. The van der Waals surface area contributed by atoms with E-state index in [4.69, 9.17) is 4.74 Å². The summed E-state index contributed by atoms with van der Waals surface area (Å²) in [5, 5.41) is 1.25. The molecule has 0 amide bonds. The lowest BCUT2D eigenvalue weighted by molar-refractivity contribution is 0.104. The summed E-state index contributed by atoms with van der Waals surface area (Å²) >= 11 is 0. The fourth-order valence-corrected chi connectivity index (χ4v) is 6.88. The summed E-state index contributed by atoms with van der Waals surface area (Å²) in [5.74, 6) is 0.601. The number of sulfone groups is 1. The predicted octanol–water partition coefficient (Wildman–Crippen LogP) is 2.91. The van der Waals surface area contributed by atoms with Crippen LogP contribution in [0.25, 0.3) is 21.9 Å². The van der Waals surface area contributed by atoms with Crippen LogP contribution in [-0.4, -0.2) is 80.1 Å². The number of hydrogen-bond acceptors (Lipinski definition) is 9. The molecule has 1 aromatic carbocycles. The number of ether oxygens (including phenoxy) is 1. The molecular weight excluding hydrogens is 526 g/mol. The molecule has 0 aliphatic carbocycles. The molecule has 38 heavy (non-hydrogen) atoms. The Kier molecular flexibility index (Phi) is 7.21. The van der Waals surface area contributed by atoms with Crippen molar-refractivity contribution in [3.63, 3.8) is 0 Å². The van der Waals surface area contributed by atoms with Crippen molar-refractivity contribution in [2.75, 3.05) is 31.6 Å². The van der Waals surface area contributed by atoms with Crippen LogP contribution in [0.2, 0.25) is 0 Å². The molecule has 3 aromatic heterocycles. The molecule has 1 saturated heterocycles. The van der Waals surface area contributed by atoms with Crippen LogP contribution in [0.4, 0.5) is 0 Å². The largest absolute Gasteiger partial charge is 0.488 e. The number of aromatic nitrogens is 3. The van der Waals surface area contributed by atoms with Gasteiger partial charge in [-0.25, -0.2) is 25.8 Å². The molecule has 12 heteroatoms. The summed E-state index contributed by atoms with van der Waals surface area (Å²) < 4.78 is 58.4. The van der Waals surface area contributed by atoms with E-state index in [1.807, 2.05) is 6.07 Å². The maximum Gasteiger partial charge on any atom is 0.269 e. The normalized spacial score (nSPS) is 15.7. The van der Waals surface area contributed by atoms with Gasteiger partial charge in [0.2, 0.25) is 0 Å². The first kappa shape index (κ1) is 26.3. The summed E-state index contributed by atoms with van der Waals surface area (Å²) in [5.41, 5.74) is 1.22. The van der Waals surface area contributed by atoms with Gasteiger partial charge in [-0.15, -0.1) is 0 Å². The Balaban J connectivity index is 1.57. The molecule has 4 heterocycles. The Morgan fingerprint density at radius 2 is 1.79 bits per heavy atom. The molecule has 0 bridgehead atoms. The van der Waals surface area contributed by atoms with Crippen LogP contribution < -0.4 is 4.74 Å². The molecule has 4 aromatic rings. The number of pyridine rings is 2. The highest BCUT2D eigenvalue weighted by atomic mass is 32.2. The van der Waals surface area contributed by atoms with Gasteiger partial charge in [-0.2, -0.15) is 0 Å². The van der Waals surface area contributed by atoms with E-state index in [1.54, 1.807) is 42.6 Å². The third-order valence-electron chi connectivity index (χ3n) is 6.70. The fourth-order valence-electron chi connectivity index (χ4n) is 4.80. The van der Waals surface area contributed by atoms with Gasteiger partial charge in [0.05, 0.1) is 34.3 Å². The summed E-state index contributed by atoms with van der Waals surface area (Å²) in [6, 6.07) is 11.8. The lowest BCUT2D eigenvalue weighted by Crippen LogP contribution is -2.40. The van der Waals surface area contributed by atoms with Gasteiger partial charge in [-0.1, -0.05) is 18.2 Å². The topological polar surface area (TPSA) is 124 Å². The molecular formula is C26H29N5O5S2. The van der Waals surface area contributed by atoms with Crippen LogP contribution in [0.5, 0.6) is 5.75 Å². The van der Waals surface area contributed by atoms with Crippen molar-refractivity contribution in [3.05, 3.63) is 60.6 Å². The average molecular weight is 556 g/mol.